The molecule has 0 unspecified atom stereocenters. The number of rotatable bonds is 3. The monoisotopic (exact) mass is 357 g/mol. The second kappa shape index (κ2) is 5.79. The Morgan fingerprint density at radius 1 is 1.08 bits per heavy atom. The number of likely N-dealkylation sites (tertiary alicyclic amines) is 2. The van der Waals surface area contributed by atoms with E-state index in [1.165, 1.54) is 6.42 Å². The Hall–Kier alpha value is -1.92. The smallest absolute Gasteiger partial charge is 0.225 e. The summed E-state index contributed by atoms with van der Waals surface area (Å²) in [6.45, 7) is 4.84. The highest BCUT2D eigenvalue weighted by Gasteiger charge is 2.55. The van der Waals surface area contributed by atoms with Gasteiger partial charge in [0, 0.05) is 43.9 Å². The molecule has 2 aliphatic heterocycles. The van der Waals surface area contributed by atoms with E-state index < -0.39 is 0 Å². The zero-order valence-electron chi connectivity index (χ0n) is 15.4. The summed E-state index contributed by atoms with van der Waals surface area (Å²) in [5.41, 5.74) is -0.203. The topological polar surface area (TPSA) is 82.2 Å². The molecule has 1 aromatic rings. The summed E-state index contributed by atoms with van der Waals surface area (Å²) in [7, 11) is 0. The van der Waals surface area contributed by atoms with Crippen molar-refractivity contribution in [1.29, 1.82) is 0 Å². The molecule has 26 heavy (non-hydrogen) atoms. The molecule has 2 atom stereocenters. The second-order valence-corrected chi connectivity index (χ2v) is 8.75. The van der Waals surface area contributed by atoms with E-state index >= 15 is 0 Å². The van der Waals surface area contributed by atoms with E-state index in [0.717, 1.165) is 63.4 Å². The maximum atomic E-state index is 12.8. The summed E-state index contributed by atoms with van der Waals surface area (Å²) >= 11 is 0. The van der Waals surface area contributed by atoms with Gasteiger partial charge < -0.3 is 9.80 Å². The second-order valence-electron chi connectivity index (χ2n) is 8.75. The zero-order valence-corrected chi connectivity index (χ0v) is 15.4. The number of hydrogen-bond acceptors (Lipinski definition) is 4. The number of aromatic amines is 1. The lowest BCUT2D eigenvalue weighted by molar-refractivity contribution is -0.140. The SMILES string of the molecule is Cc1nc([C@@]23CCN(C(=O)C4CCC4)C[C@@H]2CN(C(=O)C2CC2)C3)n[nH]1. The molecule has 7 nitrogen and oxygen atoms in total. The van der Waals surface area contributed by atoms with Gasteiger partial charge in [0.05, 0.1) is 5.41 Å². The van der Waals surface area contributed by atoms with Crippen LogP contribution < -0.4 is 0 Å². The maximum Gasteiger partial charge on any atom is 0.225 e. The molecule has 2 aliphatic carbocycles. The number of nitrogens with one attached hydrogen (secondary N) is 1. The number of nitrogens with zero attached hydrogens (tertiary/aromatic N) is 4. The van der Waals surface area contributed by atoms with Crippen LogP contribution >= 0.6 is 0 Å². The summed E-state index contributed by atoms with van der Waals surface area (Å²) in [6.07, 6.45) is 6.16. The van der Waals surface area contributed by atoms with Crippen LogP contribution in [0, 0.1) is 24.7 Å². The van der Waals surface area contributed by atoms with E-state index in [-0.39, 0.29) is 23.2 Å². The van der Waals surface area contributed by atoms with E-state index in [2.05, 4.69) is 20.1 Å². The van der Waals surface area contributed by atoms with Crippen molar-refractivity contribution in [2.24, 2.45) is 17.8 Å². The summed E-state index contributed by atoms with van der Waals surface area (Å²) < 4.78 is 0. The van der Waals surface area contributed by atoms with E-state index in [9.17, 15) is 9.59 Å². The fraction of sp³-hybridized carbons (Fsp3) is 0.789. The number of aromatic nitrogens is 3. The number of amides is 2. The molecule has 140 valence electrons. The van der Waals surface area contributed by atoms with Gasteiger partial charge in [0.1, 0.15) is 5.82 Å². The average Bonchev–Trinajstić information content (AvgIpc) is 3.21. The van der Waals surface area contributed by atoms with E-state index in [0.29, 0.717) is 18.4 Å². The summed E-state index contributed by atoms with van der Waals surface area (Å²) in [5, 5.41) is 7.46. The number of hydrogen-bond donors (Lipinski definition) is 1. The number of carbonyl (C=O) groups excluding carboxylic acids is 2. The fourth-order valence-corrected chi connectivity index (χ4v) is 4.98. The standard InChI is InChI=1S/C19H27N5O2/c1-12-20-18(22-21-12)19-7-8-23(16(25)13-3-2-4-13)9-15(19)10-24(11-19)17(26)14-5-6-14/h13-15H,2-11H2,1H3,(H,20,21,22)/t15-,19-/m1/s1. The third kappa shape index (κ3) is 2.47. The Bertz CT molecular complexity index is 738. The molecule has 4 fully saturated rings. The molecule has 2 saturated heterocycles. The van der Waals surface area contributed by atoms with Gasteiger partial charge in [0.15, 0.2) is 5.82 Å². The lowest BCUT2D eigenvalue weighted by Gasteiger charge is -2.43. The van der Waals surface area contributed by atoms with Crippen LogP contribution in [-0.2, 0) is 15.0 Å². The molecule has 3 heterocycles. The van der Waals surface area contributed by atoms with Gasteiger partial charge in [-0.2, -0.15) is 5.10 Å². The summed E-state index contributed by atoms with van der Waals surface area (Å²) in [4.78, 5) is 34.2. The van der Waals surface area contributed by atoms with Crippen LogP contribution in [0.25, 0.3) is 0 Å². The molecular weight excluding hydrogens is 330 g/mol. The van der Waals surface area contributed by atoms with Gasteiger partial charge in [-0.05, 0) is 39.0 Å². The molecule has 2 amide bonds. The Kier molecular flexibility index (Phi) is 3.62. The Morgan fingerprint density at radius 2 is 1.77 bits per heavy atom. The minimum absolute atomic E-state index is 0.203. The average molecular weight is 357 g/mol. The Morgan fingerprint density at radius 3 is 2.38 bits per heavy atom. The quantitative estimate of drug-likeness (QED) is 0.883. The first-order valence-corrected chi connectivity index (χ1v) is 10.0. The molecule has 0 spiro atoms. The number of piperidine rings is 1. The van der Waals surface area contributed by atoms with Crippen LogP contribution in [0.15, 0.2) is 0 Å². The van der Waals surface area contributed by atoms with Crippen LogP contribution in [0.5, 0.6) is 0 Å². The Labute approximate surface area is 153 Å². The van der Waals surface area contributed by atoms with Gasteiger partial charge >= 0.3 is 0 Å². The van der Waals surface area contributed by atoms with Gasteiger partial charge in [-0.25, -0.2) is 4.98 Å². The molecule has 1 aromatic heterocycles. The number of aryl methyl sites for hydroxylation is 1. The van der Waals surface area contributed by atoms with Crippen molar-refractivity contribution in [3.63, 3.8) is 0 Å². The maximum absolute atomic E-state index is 12.8. The van der Waals surface area contributed by atoms with Crippen molar-refractivity contribution in [1.82, 2.24) is 25.0 Å². The van der Waals surface area contributed by atoms with Crippen LogP contribution in [0.3, 0.4) is 0 Å². The summed E-state index contributed by atoms with van der Waals surface area (Å²) in [5.74, 6) is 2.96. The molecule has 0 radical (unpaired) electrons. The lowest BCUT2D eigenvalue weighted by Crippen LogP contribution is -2.53. The van der Waals surface area contributed by atoms with Crippen LogP contribution in [0.1, 0.15) is 50.2 Å². The van der Waals surface area contributed by atoms with Gasteiger partial charge in [0.2, 0.25) is 11.8 Å². The third-order valence-electron chi connectivity index (χ3n) is 7.01. The molecular formula is C19H27N5O2. The first-order valence-electron chi connectivity index (χ1n) is 10.0. The minimum Gasteiger partial charge on any atom is -0.342 e. The highest BCUT2D eigenvalue weighted by molar-refractivity contribution is 5.82. The van der Waals surface area contributed by atoms with Crippen LogP contribution in [0.2, 0.25) is 0 Å². The van der Waals surface area contributed by atoms with Gasteiger partial charge in [-0.1, -0.05) is 6.42 Å². The van der Waals surface area contributed by atoms with E-state index in [1.807, 2.05) is 11.8 Å². The van der Waals surface area contributed by atoms with Crippen LogP contribution in [0.4, 0.5) is 0 Å². The van der Waals surface area contributed by atoms with Gasteiger partial charge in [0.25, 0.3) is 0 Å². The van der Waals surface area contributed by atoms with E-state index in [4.69, 9.17) is 0 Å². The third-order valence-corrected chi connectivity index (χ3v) is 7.01. The predicted octanol–water partition coefficient (Wildman–Crippen LogP) is 1.25. The molecule has 0 aromatic carbocycles. The van der Waals surface area contributed by atoms with E-state index in [1.54, 1.807) is 0 Å². The highest BCUT2D eigenvalue weighted by atomic mass is 16.2. The Balaban J connectivity index is 1.41. The largest absolute Gasteiger partial charge is 0.342 e. The normalized spacial score (nSPS) is 31.7. The highest BCUT2D eigenvalue weighted by Crippen LogP contribution is 2.46. The fourth-order valence-electron chi connectivity index (χ4n) is 4.98. The minimum atomic E-state index is -0.203. The number of H-pyrrole nitrogens is 1. The molecule has 7 heteroatoms. The predicted molar refractivity (Wildman–Crippen MR) is 94.1 cm³/mol. The van der Waals surface area contributed by atoms with Crippen molar-refractivity contribution in [2.75, 3.05) is 26.2 Å². The van der Waals surface area contributed by atoms with Crippen molar-refractivity contribution < 1.29 is 9.59 Å². The summed E-state index contributed by atoms with van der Waals surface area (Å²) in [6, 6.07) is 0. The van der Waals surface area contributed by atoms with Crippen molar-refractivity contribution in [3.8, 4) is 0 Å². The molecule has 5 rings (SSSR count). The first kappa shape index (κ1) is 16.3. The zero-order chi connectivity index (χ0) is 17.9. The lowest BCUT2D eigenvalue weighted by atomic mass is 9.71. The molecule has 2 saturated carbocycles. The first-order chi connectivity index (χ1) is 12.6. The van der Waals surface area contributed by atoms with Gasteiger partial charge in [-0.3, -0.25) is 14.7 Å². The molecule has 0 bridgehead atoms. The van der Waals surface area contributed by atoms with Crippen molar-refractivity contribution >= 4 is 11.8 Å². The van der Waals surface area contributed by atoms with Crippen molar-refractivity contribution in [3.05, 3.63) is 11.6 Å². The number of fused-ring (bicyclic) bond motifs is 1. The van der Waals surface area contributed by atoms with Crippen LogP contribution in [-0.4, -0.2) is 63.0 Å². The number of carbonyl (C=O) groups is 2. The molecule has 1 N–H and O–H groups in total. The van der Waals surface area contributed by atoms with Crippen molar-refractivity contribution in [2.45, 2.75) is 50.9 Å². The van der Waals surface area contributed by atoms with Gasteiger partial charge in [-0.15, -0.1) is 0 Å². The molecule has 4 aliphatic rings.